The summed E-state index contributed by atoms with van der Waals surface area (Å²) >= 11 is 0. The van der Waals surface area contributed by atoms with Crippen molar-refractivity contribution < 1.29 is 22.7 Å². The molecular weight excluding hydrogens is 306 g/mol. The molecule has 0 spiro atoms. The van der Waals surface area contributed by atoms with Crippen LogP contribution >= 0.6 is 0 Å². The predicted molar refractivity (Wildman–Crippen MR) is 77.3 cm³/mol. The minimum Gasteiger partial charge on any atom is -0.442 e. The Hall–Kier alpha value is -2.54. The topological polar surface area (TPSA) is 95.7 Å². The number of ether oxygens (including phenoxy) is 2. The lowest BCUT2D eigenvalue weighted by Gasteiger charge is -2.09. The number of benzene rings is 2. The Balaban J connectivity index is 2.08. The molecule has 0 aromatic heterocycles. The number of nitrogens with two attached hydrogens (primary N) is 1. The summed E-state index contributed by atoms with van der Waals surface area (Å²) in [4.78, 5) is 11.4. The summed E-state index contributed by atoms with van der Waals surface area (Å²) in [6.07, 6.45) is -1.23. The second kappa shape index (κ2) is 5.03. The molecule has 7 heteroatoms. The maximum atomic E-state index is 12.7. The Kier molecular flexibility index (Phi) is 3.29. The van der Waals surface area contributed by atoms with Crippen LogP contribution in [0.25, 0.3) is 0 Å². The molecule has 0 saturated carbocycles. The number of rotatable bonds is 3. The van der Waals surface area contributed by atoms with Gasteiger partial charge in [-0.1, -0.05) is 18.2 Å². The second-order valence-electron chi connectivity index (χ2n) is 4.85. The largest absolute Gasteiger partial charge is 0.442 e. The van der Waals surface area contributed by atoms with Gasteiger partial charge in [0, 0.05) is 6.07 Å². The van der Waals surface area contributed by atoms with E-state index in [-0.39, 0.29) is 15.5 Å². The molecule has 1 aliphatic heterocycles. The van der Waals surface area contributed by atoms with E-state index in [1.54, 1.807) is 25.1 Å². The van der Waals surface area contributed by atoms with Gasteiger partial charge in [0.25, 0.3) is 5.91 Å². The highest BCUT2D eigenvalue weighted by Gasteiger charge is 2.32. The number of fused-ring (bicyclic) bond motifs is 1. The highest BCUT2D eigenvalue weighted by atomic mass is 32.2. The average molecular weight is 319 g/mol. The zero-order valence-electron chi connectivity index (χ0n) is 11.6. The van der Waals surface area contributed by atoms with Gasteiger partial charge in [-0.15, -0.1) is 0 Å². The fourth-order valence-electron chi connectivity index (χ4n) is 2.21. The number of carbonyl (C=O) groups is 1. The van der Waals surface area contributed by atoms with Crippen molar-refractivity contribution in [2.24, 2.45) is 5.73 Å². The maximum absolute atomic E-state index is 12.7. The van der Waals surface area contributed by atoms with E-state index in [9.17, 15) is 13.2 Å². The SMILES string of the molecule is Cc1cc2c(cc1S(=O)(=O)c1ccccc1)OC(C(N)=O)O2. The van der Waals surface area contributed by atoms with Crippen molar-refractivity contribution in [3.05, 3.63) is 48.0 Å². The van der Waals surface area contributed by atoms with Crippen molar-refractivity contribution in [1.82, 2.24) is 0 Å². The molecule has 0 aliphatic carbocycles. The van der Waals surface area contributed by atoms with Crippen LogP contribution in [0.4, 0.5) is 0 Å². The van der Waals surface area contributed by atoms with Crippen LogP contribution in [-0.2, 0) is 14.6 Å². The van der Waals surface area contributed by atoms with Gasteiger partial charge in [0.05, 0.1) is 9.79 Å². The van der Waals surface area contributed by atoms with Crippen LogP contribution in [0, 0.1) is 6.92 Å². The molecule has 1 unspecified atom stereocenters. The van der Waals surface area contributed by atoms with Gasteiger partial charge in [-0.25, -0.2) is 8.42 Å². The molecule has 22 heavy (non-hydrogen) atoms. The molecule has 6 nitrogen and oxygen atoms in total. The quantitative estimate of drug-likeness (QED) is 0.923. The third-order valence-corrected chi connectivity index (χ3v) is 5.20. The summed E-state index contributed by atoms with van der Waals surface area (Å²) in [5.41, 5.74) is 5.62. The second-order valence-corrected chi connectivity index (χ2v) is 6.77. The number of sulfone groups is 1. The summed E-state index contributed by atoms with van der Waals surface area (Å²) in [5, 5.41) is 0. The molecule has 0 radical (unpaired) electrons. The van der Waals surface area contributed by atoms with Crippen molar-refractivity contribution in [3.63, 3.8) is 0 Å². The van der Waals surface area contributed by atoms with Crippen molar-refractivity contribution in [1.29, 1.82) is 0 Å². The first-order valence-electron chi connectivity index (χ1n) is 6.47. The van der Waals surface area contributed by atoms with E-state index < -0.39 is 22.0 Å². The molecule has 3 rings (SSSR count). The van der Waals surface area contributed by atoms with Crippen LogP contribution in [0.3, 0.4) is 0 Å². The molecule has 2 N–H and O–H groups in total. The van der Waals surface area contributed by atoms with E-state index in [0.717, 1.165) is 0 Å². The van der Waals surface area contributed by atoms with Crippen LogP contribution in [-0.4, -0.2) is 20.6 Å². The summed E-state index contributed by atoms with van der Waals surface area (Å²) in [7, 11) is -3.68. The molecule has 114 valence electrons. The van der Waals surface area contributed by atoms with Gasteiger partial charge in [0.15, 0.2) is 11.5 Å². The number of hydrogen-bond acceptors (Lipinski definition) is 5. The molecular formula is C15H13NO5S. The minimum atomic E-state index is -3.68. The van der Waals surface area contributed by atoms with Gasteiger partial charge in [-0.2, -0.15) is 0 Å². The van der Waals surface area contributed by atoms with E-state index in [2.05, 4.69) is 0 Å². The van der Waals surface area contributed by atoms with Gasteiger partial charge in [-0.05, 0) is 30.7 Å². The summed E-state index contributed by atoms with van der Waals surface area (Å²) in [6, 6.07) is 11.0. The standard InChI is InChI=1S/C15H13NO5S/c1-9-7-11-12(21-15(20-11)14(16)17)8-13(9)22(18,19)10-5-3-2-4-6-10/h2-8,15H,1H3,(H2,16,17). The molecule has 0 bridgehead atoms. The van der Waals surface area contributed by atoms with Gasteiger partial charge in [0.2, 0.25) is 9.84 Å². The normalized spacial score (nSPS) is 16.5. The fraction of sp³-hybridized carbons (Fsp3) is 0.133. The van der Waals surface area contributed by atoms with Gasteiger partial charge >= 0.3 is 6.29 Å². The van der Waals surface area contributed by atoms with Gasteiger partial charge in [0.1, 0.15) is 0 Å². The first kappa shape index (κ1) is 14.4. The predicted octanol–water partition coefficient (Wildman–Crippen LogP) is 1.41. The highest BCUT2D eigenvalue weighted by Crippen LogP contribution is 2.39. The third kappa shape index (κ3) is 2.29. The lowest BCUT2D eigenvalue weighted by Crippen LogP contribution is -2.35. The summed E-state index contributed by atoms with van der Waals surface area (Å²) < 4.78 is 35.8. The molecule has 0 saturated heterocycles. The molecule has 1 aliphatic rings. The Morgan fingerprint density at radius 3 is 2.27 bits per heavy atom. The van der Waals surface area contributed by atoms with Gasteiger partial charge < -0.3 is 15.2 Å². The first-order chi connectivity index (χ1) is 10.4. The van der Waals surface area contributed by atoms with E-state index in [0.29, 0.717) is 11.3 Å². The molecule has 1 heterocycles. The average Bonchev–Trinajstić information content (AvgIpc) is 2.90. The van der Waals surface area contributed by atoms with Crippen molar-refractivity contribution in [2.45, 2.75) is 23.0 Å². The van der Waals surface area contributed by atoms with Crippen LogP contribution < -0.4 is 15.2 Å². The van der Waals surface area contributed by atoms with E-state index >= 15 is 0 Å². The van der Waals surface area contributed by atoms with E-state index in [4.69, 9.17) is 15.2 Å². The summed E-state index contributed by atoms with van der Waals surface area (Å²) in [5.74, 6) is -0.293. The third-order valence-electron chi connectivity index (χ3n) is 3.28. The number of carbonyl (C=O) groups excluding carboxylic acids is 1. The monoisotopic (exact) mass is 319 g/mol. The Labute approximate surface area is 127 Å². The Morgan fingerprint density at radius 1 is 1.09 bits per heavy atom. The number of amides is 1. The summed E-state index contributed by atoms with van der Waals surface area (Å²) in [6.45, 7) is 1.65. The first-order valence-corrected chi connectivity index (χ1v) is 7.95. The van der Waals surface area contributed by atoms with Crippen molar-refractivity contribution >= 4 is 15.7 Å². The number of hydrogen-bond donors (Lipinski definition) is 1. The molecule has 0 fully saturated rings. The molecule has 2 aromatic carbocycles. The lowest BCUT2D eigenvalue weighted by atomic mass is 10.2. The van der Waals surface area contributed by atoms with Crippen molar-refractivity contribution in [3.8, 4) is 11.5 Å². The van der Waals surface area contributed by atoms with E-state index in [1.165, 1.54) is 24.3 Å². The fourth-order valence-corrected chi connectivity index (χ4v) is 3.73. The van der Waals surface area contributed by atoms with Crippen LogP contribution in [0.5, 0.6) is 11.5 Å². The van der Waals surface area contributed by atoms with E-state index in [1.807, 2.05) is 0 Å². The zero-order valence-corrected chi connectivity index (χ0v) is 12.5. The lowest BCUT2D eigenvalue weighted by molar-refractivity contribution is -0.133. The number of primary amides is 1. The maximum Gasteiger partial charge on any atom is 0.321 e. The van der Waals surface area contributed by atoms with Crippen LogP contribution in [0.15, 0.2) is 52.3 Å². The van der Waals surface area contributed by atoms with Gasteiger partial charge in [-0.3, -0.25) is 4.79 Å². The zero-order chi connectivity index (χ0) is 15.9. The highest BCUT2D eigenvalue weighted by molar-refractivity contribution is 7.91. The Bertz CT molecular complexity index is 846. The molecule has 2 aromatic rings. The van der Waals surface area contributed by atoms with Crippen molar-refractivity contribution in [2.75, 3.05) is 0 Å². The smallest absolute Gasteiger partial charge is 0.321 e. The van der Waals surface area contributed by atoms with Crippen LogP contribution in [0.1, 0.15) is 5.56 Å². The minimum absolute atomic E-state index is 0.103. The van der Waals surface area contributed by atoms with Crippen LogP contribution in [0.2, 0.25) is 0 Å². The molecule has 1 amide bonds. The molecule has 1 atom stereocenters. The Morgan fingerprint density at radius 2 is 1.68 bits per heavy atom. The number of aryl methyl sites for hydroxylation is 1.